The lowest BCUT2D eigenvalue weighted by molar-refractivity contribution is -0.384. The van der Waals surface area contributed by atoms with E-state index < -0.39 is 23.2 Å². The Balaban J connectivity index is 1.52. The van der Waals surface area contributed by atoms with E-state index >= 15 is 0 Å². The number of nitro benzene ring substituents is 1. The van der Waals surface area contributed by atoms with E-state index in [4.69, 9.17) is 4.74 Å². The molecule has 0 aliphatic carbocycles. The first-order valence-electron chi connectivity index (χ1n) is 10.7. The van der Waals surface area contributed by atoms with Crippen LogP contribution in [0.25, 0.3) is 0 Å². The number of carbonyl (C=O) groups excluding carboxylic acids is 2. The average molecular weight is 471 g/mol. The number of rotatable bonds is 10. The molecular formula is C25H21N5O5. The molecule has 35 heavy (non-hydrogen) atoms. The van der Waals surface area contributed by atoms with Crippen molar-refractivity contribution in [1.82, 2.24) is 20.3 Å². The fourth-order valence-corrected chi connectivity index (χ4v) is 3.30. The zero-order valence-corrected chi connectivity index (χ0v) is 18.5. The number of hydrogen-bond donors (Lipinski definition) is 1. The molecule has 0 radical (unpaired) electrons. The Morgan fingerprint density at radius 1 is 0.914 bits per heavy atom. The van der Waals surface area contributed by atoms with Gasteiger partial charge in [0.1, 0.15) is 0 Å². The van der Waals surface area contributed by atoms with Gasteiger partial charge in [-0.1, -0.05) is 65.9 Å². The Labute approximate surface area is 200 Å². The normalized spacial score (nSPS) is 10.5. The highest BCUT2D eigenvalue weighted by atomic mass is 16.6. The van der Waals surface area contributed by atoms with Crippen LogP contribution in [-0.4, -0.2) is 38.2 Å². The number of ether oxygens (including phenoxy) is 1. The molecule has 0 atom stereocenters. The topological polar surface area (TPSA) is 129 Å². The van der Waals surface area contributed by atoms with E-state index in [0.29, 0.717) is 0 Å². The van der Waals surface area contributed by atoms with Crippen LogP contribution >= 0.6 is 0 Å². The number of nitrogens with zero attached hydrogens (tertiary/aromatic N) is 4. The van der Waals surface area contributed by atoms with Crippen molar-refractivity contribution in [2.45, 2.75) is 13.1 Å². The van der Waals surface area contributed by atoms with Gasteiger partial charge in [-0.15, -0.1) is 5.10 Å². The van der Waals surface area contributed by atoms with Gasteiger partial charge in [0, 0.05) is 24.2 Å². The number of benzene rings is 3. The molecule has 0 aliphatic rings. The molecule has 0 aliphatic heterocycles. The maximum absolute atomic E-state index is 12.9. The van der Waals surface area contributed by atoms with Crippen LogP contribution in [0.2, 0.25) is 0 Å². The van der Waals surface area contributed by atoms with Crippen molar-refractivity contribution < 1.29 is 19.2 Å². The van der Waals surface area contributed by atoms with Crippen LogP contribution in [0.1, 0.15) is 32.0 Å². The van der Waals surface area contributed by atoms with Crippen molar-refractivity contribution in [3.63, 3.8) is 0 Å². The first-order chi connectivity index (χ1) is 17.0. The minimum atomic E-state index is -0.543. The highest BCUT2D eigenvalue weighted by Crippen LogP contribution is 2.19. The van der Waals surface area contributed by atoms with Gasteiger partial charge in [-0.2, -0.15) is 0 Å². The number of ketones is 1. The number of amides is 1. The number of non-ortho nitro benzene ring substituents is 1. The van der Waals surface area contributed by atoms with E-state index in [-0.39, 0.29) is 35.9 Å². The van der Waals surface area contributed by atoms with Crippen LogP contribution in [0.15, 0.2) is 84.9 Å². The molecule has 0 unspecified atom stereocenters. The number of nitro groups is 1. The van der Waals surface area contributed by atoms with Crippen LogP contribution in [0.4, 0.5) is 5.69 Å². The SMILES string of the molecule is O=C(COc1c(C(=O)NCc2ccccc2)nnn1Cc1ccccc1)c1ccc([N+](=O)[O-])cc1. The third-order valence-electron chi connectivity index (χ3n) is 5.12. The van der Waals surface area contributed by atoms with Gasteiger partial charge in [-0.3, -0.25) is 19.7 Å². The Bertz CT molecular complexity index is 1320. The minimum absolute atomic E-state index is 0.0478. The van der Waals surface area contributed by atoms with Gasteiger partial charge >= 0.3 is 0 Å². The Morgan fingerprint density at radius 2 is 1.54 bits per heavy atom. The van der Waals surface area contributed by atoms with Crippen LogP contribution in [-0.2, 0) is 13.1 Å². The average Bonchev–Trinajstić information content (AvgIpc) is 3.29. The highest BCUT2D eigenvalue weighted by Gasteiger charge is 2.23. The first-order valence-corrected chi connectivity index (χ1v) is 10.7. The second-order valence-corrected chi connectivity index (χ2v) is 7.57. The standard InChI is InChI=1S/C25H21N5O5/c31-22(20-11-13-21(14-12-20)30(33)34)17-35-25-23(24(32)26-15-18-7-3-1-4-8-18)27-28-29(25)16-19-9-5-2-6-10-19/h1-14H,15-17H2,(H,26,32). The smallest absolute Gasteiger partial charge is 0.277 e. The molecule has 10 nitrogen and oxygen atoms in total. The number of carbonyl (C=O) groups is 2. The molecule has 0 saturated heterocycles. The molecule has 10 heteroatoms. The third kappa shape index (κ3) is 5.93. The summed E-state index contributed by atoms with van der Waals surface area (Å²) >= 11 is 0. The summed E-state index contributed by atoms with van der Waals surface area (Å²) in [5.41, 5.74) is 1.89. The van der Waals surface area contributed by atoms with E-state index in [1.807, 2.05) is 60.7 Å². The molecule has 1 amide bonds. The van der Waals surface area contributed by atoms with Gasteiger partial charge in [-0.05, 0) is 23.3 Å². The first kappa shape index (κ1) is 23.3. The Morgan fingerprint density at radius 3 is 2.17 bits per heavy atom. The van der Waals surface area contributed by atoms with Gasteiger partial charge in [0.15, 0.2) is 12.4 Å². The molecule has 0 spiro atoms. The van der Waals surface area contributed by atoms with Gasteiger partial charge in [-0.25, -0.2) is 4.68 Å². The molecular weight excluding hydrogens is 450 g/mol. The monoisotopic (exact) mass is 471 g/mol. The van der Waals surface area contributed by atoms with Crippen LogP contribution in [0.5, 0.6) is 5.88 Å². The summed E-state index contributed by atoms with van der Waals surface area (Å²) in [4.78, 5) is 35.8. The molecule has 0 bridgehead atoms. The van der Waals surface area contributed by atoms with Crippen molar-refractivity contribution in [3.8, 4) is 5.88 Å². The highest BCUT2D eigenvalue weighted by molar-refractivity contribution is 5.98. The Kier molecular flexibility index (Phi) is 7.22. The number of nitrogens with one attached hydrogen (secondary N) is 1. The summed E-state index contributed by atoms with van der Waals surface area (Å²) < 4.78 is 7.15. The Hall–Kier alpha value is -4.86. The van der Waals surface area contributed by atoms with Gasteiger partial charge in [0.2, 0.25) is 11.6 Å². The number of hydrogen-bond acceptors (Lipinski definition) is 7. The largest absolute Gasteiger partial charge is 0.468 e. The lowest BCUT2D eigenvalue weighted by Gasteiger charge is -2.10. The summed E-state index contributed by atoms with van der Waals surface area (Å²) in [6, 6.07) is 24.0. The number of Topliss-reactive ketones (excluding diaryl/α,β-unsaturated/α-hetero) is 1. The summed E-state index contributed by atoms with van der Waals surface area (Å²) in [5, 5.41) is 21.7. The molecule has 4 aromatic rings. The van der Waals surface area contributed by atoms with Crippen molar-refractivity contribution in [3.05, 3.63) is 117 Å². The lowest BCUT2D eigenvalue weighted by Crippen LogP contribution is -2.24. The number of aromatic nitrogens is 3. The van der Waals surface area contributed by atoms with Crippen molar-refractivity contribution in [2.24, 2.45) is 0 Å². The van der Waals surface area contributed by atoms with Crippen LogP contribution < -0.4 is 10.1 Å². The molecule has 4 rings (SSSR count). The quantitative estimate of drug-likeness (QED) is 0.213. The summed E-state index contributed by atoms with van der Waals surface area (Å²) in [6.07, 6.45) is 0. The summed E-state index contributed by atoms with van der Waals surface area (Å²) in [7, 11) is 0. The van der Waals surface area contributed by atoms with E-state index in [9.17, 15) is 19.7 Å². The second kappa shape index (κ2) is 10.8. The zero-order chi connectivity index (χ0) is 24.6. The van der Waals surface area contributed by atoms with Gasteiger partial charge in [0.05, 0.1) is 11.5 Å². The molecule has 0 saturated carbocycles. The van der Waals surface area contributed by atoms with Crippen molar-refractivity contribution in [1.29, 1.82) is 0 Å². The maximum Gasteiger partial charge on any atom is 0.277 e. The molecule has 0 fully saturated rings. The van der Waals surface area contributed by atoms with Gasteiger partial charge in [0.25, 0.3) is 11.6 Å². The van der Waals surface area contributed by atoms with Crippen LogP contribution in [0, 0.1) is 10.1 Å². The predicted octanol–water partition coefficient (Wildman–Crippen LogP) is 3.43. The van der Waals surface area contributed by atoms with E-state index in [1.54, 1.807) is 0 Å². The molecule has 3 aromatic carbocycles. The molecule has 1 N–H and O–H groups in total. The maximum atomic E-state index is 12.9. The van der Waals surface area contributed by atoms with E-state index in [1.165, 1.54) is 28.9 Å². The van der Waals surface area contributed by atoms with E-state index in [0.717, 1.165) is 11.1 Å². The third-order valence-corrected chi connectivity index (χ3v) is 5.12. The predicted molar refractivity (Wildman–Crippen MR) is 126 cm³/mol. The fourth-order valence-electron chi connectivity index (χ4n) is 3.30. The summed E-state index contributed by atoms with van der Waals surface area (Å²) in [6.45, 7) is 0.159. The lowest BCUT2D eigenvalue weighted by atomic mass is 10.1. The second-order valence-electron chi connectivity index (χ2n) is 7.57. The van der Waals surface area contributed by atoms with Crippen molar-refractivity contribution in [2.75, 3.05) is 6.61 Å². The van der Waals surface area contributed by atoms with Crippen molar-refractivity contribution >= 4 is 17.4 Å². The fraction of sp³-hybridized carbons (Fsp3) is 0.120. The molecule has 176 valence electrons. The van der Waals surface area contributed by atoms with E-state index in [2.05, 4.69) is 15.6 Å². The minimum Gasteiger partial charge on any atom is -0.468 e. The molecule has 1 heterocycles. The summed E-state index contributed by atoms with van der Waals surface area (Å²) in [5.74, 6) is -0.858. The van der Waals surface area contributed by atoms with Crippen LogP contribution in [0.3, 0.4) is 0 Å². The zero-order valence-electron chi connectivity index (χ0n) is 18.5. The van der Waals surface area contributed by atoms with Gasteiger partial charge < -0.3 is 10.1 Å². The molecule has 1 aromatic heterocycles.